The quantitative estimate of drug-likeness (QED) is 0.128. The number of carbonyl (C=O) groups is 2. The van der Waals surface area contributed by atoms with Gasteiger partial charge in [0.1, 0.15) is 12.1 Å². The van der Waals surface area contributed by atoms with Crippen molar-refractivity contribution in [2.75, 3.05) is 10.0 Å². The standard InChI is InChI=1S/C35H44N6O5S/c1-23(2)22-30(31(42)37-29(21-14-25-10-8-7-9-11-25)32-39-33(40-46-32)35(4,5)6)38-34(43)36-26-15-17-27(18-16-26)41-47(44,45)28-19-12-24(3)13-20-28/h7-13,15-20,23,29-30,41H,14,21-22H2,1-6H3,(H,37,42)(H2,36,38,43)/t29-,30-/m1/s1. The van der Waals surface area contributed by atoms with E-state index in [1.807, 2.05) is 71.9 Å². The first-order chi connectivity index (χ1) is 22.2. The fourth-order valence-electron chi connectivity index (χ4n) is 4.75. The Labute approximate surface area is 277 Å². The van der Waals surface area contributed by atoms with Gasteiger partial charge in [-0.05, 0) is 74.1 Å². The Morgan fingerprint density at radius 3 is 2.11 bits per heavy atom. The molecule has 3 amide bonds. The normalized spacial score (nSPS) is 13.1. The largest absolute Gasteiger partial charge is 0.342 e. The summed E-state index contributed by atoms with van der Waals surface area (Å²) in [5.41, 5.74) is 2.48. The van der Waals surface area contributed by atoms with Gasteiger partial charge < -0.3 is 20.5 Å². The summed E-state index contributed by atoms with van der Waals surface area (Å²) in [6, 6.07) is 20.7. The van der Waals surface area contributed by atoms with Crippen molar-refractivity contribution in [2.45, 2.75) is 83.2 Å². The average molecular weight is 661 g/mol. The van der Waals surface area contributed by atoms with E-state index in [-0.39, 0.29) is 22.1 Å². The molecule has 1 heterocycles. The van der Waals surface area contributed by atoms with E-state index in [1.165, 1.54) is 12.1 Å². The summed E-state index contributed by atoms with van der Waals surface area (Å²) in [7, 11) is -3.77. The molecule has 0 radical (unpaired) electrons. The molecular weight excluding hydrogens is 616 g/mol. The molecule has 0 aliphatic heterocycles. The van der Waals surface area contributed by atoms with E-state index in [0.717, 1.165) is 11.1 Å². The fourth-order valence-corrected chi connectivity index (χ4v) is 5.81. The van der Waals surface area contributed by atoms with Crippen molar-refractivity contribution >= 4 is 33.3 Å². The van der Waals surface area contributed by atoms with E-state index in [1.54, 1.807) is 36.4 Å². The number of hydrogen-bond acceptors (Lipinski definition) is 7. The zero-order valence-corrected chi connectivity index (χ0v) is 28.5. The second-order valence-corrected chi connectivity index (χ2v) is 14.8. The number of benzene rings is 3. The summed E-state index contributed by atoms with van der Waals surface area (Å²) in [5.74, 6) is 0.579. The maximum absolute atomic E-state index is 13.7. The van der Waals surface area contributed by atoms with Gasteiger partial charge in [0.15, 0.2) is 5.82 Å². The van der Waals surface area contributed by atoms with Crippen LogP contribution >= 0.6 is 0 Å². The Hall–Kier alpha value is -4.71. The number of carbonyl (C=O) groups excluding carboxylic acids is 2. The number of hydrogen-bond donors (Lipinski definition) is 4. The van der Waals surface area contributed by atoms with Gasteiger partial charge in [-0.15, -0.1) is 0 Å². The first-order valence-corrected chi connectivity index (χ1v) is 17.1. The van der Waals surface area contributed by atoms with Crippen molar-refractivity contribution in [3.63, 3.8) is 0 Å². The summed E-state index contributed by atoms with van der Waals surface area (Å²) >= 11 is 0. The molecule has 0 saturated carbocycles. The third-order valence-corrected chi connectivity index (χ3v) is 8.74. The number of nitrogens with zero attached hydrogens (tertiary/aromatic N) is 2. The second kappa shape index (κ2) is 15.3. The molecule has 12 heteroatoms. The van der Waals surface area contributed by atoms with E-state index in [0.29, 0.717) is 42.4 Å². The van der Waals surface area contributed by atoms with Crippen molar-refractivity contribution in [3.05, 3.63) is 102 Å². The lowest BCUT2D eigenvalue weighted by Gasteiger charge is -2.23. The summed E-state index contributed by atoms with van der Waals surface area (Å²) in [6.45, 7) is 11.8. The summed E-state index contributed by atoms with van der Waals surface area (Å²) in [5, 5.41) is 12.7. The maximum atomic E-state index is 13.7. The highest BCUT2D eigenvalue weighted by Gasteiger charge is 2.29. The van der Waals surface area contributed by atoms with Gasteiger partial charge in [-0.3, -0.25) is 9.52 Å². The molecule has 0 unspecified atom stereocenters. The predicted octanol–water partition coefficient (Wildman–Crippen LogP) is 6.50. The average Bonchev–Trinajstić information content (AvgIpc) is 3.51. The van der Waals surface area contributed by atoms with Crippen LogP contribution in [0.25, 0.3) is 0 Å². The fraction of sp³-hybridized carbons (Fsp3) is 0.371. The van der Waals surface area contributed by atoms with Gasteiger partial charge in [0.05, 0.1) is 4.90 Å². The molecule has 0 spiro atoms. The van der Waals surface area contributed by atoms with Crippen molar-refractivity contribution < 1.29 is 22.5 Å². The molecule has 4 aromatic rings. The molecule has 2 atom stereocenters. The highest BCUT2D eigenvalue weighted by Crippen LogP contribution is 2.24. The molecule has 0 aliphatic rings. The number of aryl methyl sites for hydroxylation is 2. The predicted molar refractivity (Wildman–Crippen MR) is 182 cm³/mol. The molecule has 11 nitrogen and oxygen atoms in total. The van der Waals surface area contributed by atoms with E-state index in [9.17, 15) is 18.0 Å². The summed E-state index contributed by atoms with van der Waals surface area (Å²) in [6.07, 6.45) is 1.57. The van der Waals surface area contributed by atoms with Crippen molar-refractivity contribution in [1.82, 2.24) is 20.8 Å². The number of nitrogens with one attached hydrogen (secondary N) is 4. The van der Waals surface area contributed by atoms with Crippen LogP contribution in [0.15, 0.2) is 88.3 Å². The molecule has 4 N–H and O–H groups in total. The van der Waals surface area contributed by atoms with E-state index in [2.05, 4.69) is 30.8 Å². The van der Waals surface area contributed by atoms with Crippen LogP contribution in [-0.2, 0) is 26.7 Å². The monoisotopic (exact) mass is 660 g/mol. The van der Waals surface area contributed by atoms with Gasteiger partial charge in [0.25, 0.3) is 10.0 Å². The van der Waals surface area contributed by atoms with Gasteiger partial charge in [-0.2, -0.15) is 4.98 Å². The van der Waals surface area contributed by atoms with Gasteiger partial charge in [-0.25, -0.2) is 13.2 Å². The van der Waals surface area contributed by atoms with Crippen LogP contribution in [0.3, 0.4) is 0 Å². The number of amides is 3. The van der Waals surface area contributed by atoms with Crippen LogP contribution in [0, 0.1) is 12.8 Å². The van der Waals surface area contributed by atoms with E-state index >= 15 is 0 Å². The third-order valence-electron chi connectivity index (χ3n) is 7.35. The molecule has 0 saturated heterocycles. The number of anilines is 2. The van der Waals surface area contributed by atoms with Gasteiger partial charge in [0.2, 0.25) is 11.8 Å². The first-order valence-electron chi connectivity index (χ1n) is 15.6. The van der Waals surface area contributed by atoms with Crippen LogP contribution in [0.2, 0.25) is 0 Å². The molecule has 47 heavy (non-hydrogen) atoms. The Morgan fingerprint density at radius 2 is 1.51 bits per heavy atom. The Bertz CT molecular complexity index is 1730. The lowest BCUT2D eigenvalue weighted by molar-refractivity contribution is -0.124. The van der Waals surface area contributed by atoms with Crippen LogP contribution in [0.5, 0.6) is 0 Å². The van der Waals surface area contributed by atoms with Gasteiger partial charge in [0, 0.05) is 16.8 Å². The number of urea groups is 1. The van der Waals surface area contributed by atoms with Crippen LogP contribution < -0.4 is 20.7 Å². The molecular formula is C35H44N6O5S. The minimum absolute atomic E-state index is 0.102. The highest BCUT2D eigenvalue weighted by molar-refractivity contribution is 7.92. The Kier molecular flexibility index (Phi) is 11.4. The maximum Gasteiger partial charge on any atom is 0.319 e. The smallest absolute Gasteiger partial charge is 0.319 e. The lowest BCUT2D eigenvalue weighted by Crippen LogP contribution is -2.49. The van der Waals surface area contributed by atoms with Crippen molar-refractivity contribution in [1.29, 1.82) is 0 Å². The van der Waals surface area contributed by atoms with Crippen LogP contribution in [0.4, 0.5) is 16.2 Å². The number of aromatic nitrogens is 2. The van der Waals surface area contributed by atoms with Crippen molar-refractivity contribution in [2.24, 2.45) is 5.92 Å². The lowest BCUT2D eigenvalue weighted by atomic mass is 9.96. The van der Waals surface area contributed by atoms with E-state index in [4.69, 9.17) is 4.52 Å². The molecule has 3 aromatic carbocycles. The Balaban J connectivity index is 1.42. The van der Waals surface area contributed by atoms with Gasteiger partial charge >= 0.3 is 6.03 Å². The number of sulfonamides is 1. The van der Waals surface area contributed by atoms with Crippen LogP contribution in [0.1, 0.15) is 76.3 Å². The summed E-state index contributed by atoms with van der Waals surface area (Å²) in [4.78, 5) is 31.5. The first kappa shape index (κ1) is 35.1. The summed E-state index contributed by atoms with van der Waals surface area (Å²) < 4.78 is 33.6. The topological polar surface area (TPSA) is 155 Å². The van der Waals surface area contributed by atoms with Crippen LogP contribution in [-0.4, -0.2) is 36.5 Å². The molecule has 250 valence electrons. The zero-order valence-electron chi connectivity index (χ0n) is 27.7. The van der Waals surface area contributed by atoms with Gasteiger partial charge in [-0.1, -0.05) is 87.8 Å². The van der Waals surface area contributed by atoms with Crippen molar-refractivity contribution in [3.8, 4) is 0 Å². The molecule has 0 fully saturated rings. The molecule has 1 aromatic heterocycles. The highest BCUT2D eigenvalue weighted by atomic mass is 32.2. The minimum Gasteiger partial charge on any atom is -0.342 e. The molecule has 0 aliphatic carbocycles. The minimum atomic E-state index is -3.77. The van der Waals surface area contributed by atoms with E-state index < -0.39 is 28.1 Å². The third kappa shape index (κ3) is 10.4. The Morgan fingerprint density at radius 1 is 0.872 bits per heavy atom. The SMILES string of the molecule is Cc1ccc(S(=O)(=O)Nc2ccc(NC(=O)N[C@H](CC(C)C)C(=O)N[C@H](CCc3ccccc3)c3nc(C(C)(C)C)no3)cc2)cc1. The molecule has 0 bridgehead atoms. The zero-order chi connectivity index (χ0) is 34.2. The number of rotatable bonds is 13. The molecule has 4 rings (SSSR count). The second-order valence-electron chi connectivity index (χ2n) is 13.1.